The van der Waals surface area contributed by atoms with Crippen LogP contribution in [-0.2, 0) is 4.43 Å². The highest BCUT2D eigenvalue weighted by molar-refractivity contribution is 6.74. The third-order valence-corrected chi connectivity index (χ3v) is 9.01. The minimum absolute atomic E-state index is 0.104. The summed E-state index contributed by atoms with van der Waals surface area (Å²) in [6, 6.07) is 0. The Balaban J connectivity index is 0. The Morgan fingerprint density at radius 3 is 1.65 bits per heavy atom. The van der Waals surface area contributed by atoms with E-state index in [-0.39, 0.29) is 5.60 Å². The molecule has 1 nitrogen and oxygen atoms in total. The maximum absolute atomic E-state index is 6.72. The van der Waals surface area contributed by atoms with E-state index in [0.29, 0.717) is 5.04 Å². The summed E-state index contributed by atoms with van der Waals surface area (Å²) in [5.74, 6) is 0. The maximum Gasteiger partial charge on any atom is 0.192 e. The molecule has 0 heterocycles. The zero-order chi connectivity index (χ0) is 16.4. The third kappa shape index (κ3) is 8.46. The van der Waals surface area contributed by atoms with Gasteiger partial charge in [-0.1, -0.05) is 74.1 Å². The second kappa shape index (κ2) is 10.00. The molecule has 0 radical (unpaired) electrons. The summed E-state index contributed by atoms with van der Waals surface area (Å²) in [4.78, 5) is 0. The molecule has 0 aromatic heterocycles. The third-order valence-electron chi connectivity index (χ3n) is 4.40. The van der Waals surface area contributed by atoms with E-state index in [1.165, 1.54) is 38.5 Å². The van der Waals surface area contributed by atoms with Gasteiger partial charge in [0.1, 0.15) is 0 Å². The lowest BCUT2D eigenvalue weighted by molar-refractivity contribution is 0.0507. The van der Waals surface area contributed by atoms with Gasteiger partial charge in [0.05, 0.1) is 5.60 Å². The van der Waals surface area contributed by atoms with E-state index in [0.717, 1.165) is 0 Å². The van der Waals surface area contributed by atoms with Crippen molar-refractivity contribution in [3.63, 3.8) is 0 Å². The van der Waals surface area contributed by atoms with Crippen LogP contribution in [0.5, 0.6) is 0 Å². The van der Waals surface area contributed by atoms with Crippen molar-refractivity contribution in [2.75, 3.05) is 0 Å². The van der Waals surface area contributed by atoms with E-state index in [4.69, 9.17) is 4.43 Å². The number of unbranched alkanes of at least 4 members (excludes halogenated alkanes) is 2. The minimum Gasteiger partial charge on any atom is -0.412 e. The van der Waals surface area contributed by atoms with Crippen molar-refractivity contribution in [3.05, 3.63) is 0 Å². The average molecular weight is 303 g/mol. The van der Waals surface area contributed by atoms with Crippen LogP contribution in [0.4, 0.5) is 0 Å². The standard InChI is InChI=1S/C16H36OSi.C2H6/c1-9-11-12-14-16(6,13-10-2)17-18(7,8)15(3,4)5;1-2/h9-14H2,1-8H3;1-2H3. The van der Waals surface area contributed by atoms with Crippen molar-refractivity contribution in [2.24, 2.45) is 0 Å². The molecule has 20 heavy (non-hydrogen) atoms. The molecule has 0 spiro atoms. The van der Waals surface area contributed by atoms with Gasteiger partial charge in [-0.3, -0.25) is 0 Å². The molecule has 0 aliphatic rings. The van der Waals surface area contributed by atoms with Crippen molar-refractivity contribution >= 4 is 8.32 Å². The second-order valence-corrected chi connectivity index (χ2v) is 12.2. The molecular formula is C18H42OSi. The van der Waals surface area contributed by atoms with Crippen molar-refractivity contribution in [1.29, 1.82) is 0 Å². The molecule has 0 N–H and O–H groups in total. The predicted octanol–water partition coefficient (Wildman–Crippen LogP) is 7.17. The number of hydrogen-bond acceptors (Lipinski definition) is 1. The Morgan fingerprint density at radius 2 is 1.30 bits per heavy atom. The predicted molar refractivity (Wildman–Crippen MR) is 97.1 cm³/mol. The highest BCUT2D eigenvalue weighted by atomic mass is 28.4. The van der Waals surface area contributed by atoms with Gasteiger partial charge >= 0.3 is 0 Å². The quantitative estimate of drug-likeness (QED) is 0.341. The Labute approximate surface area is 131 Å². The van der Waals surface area contributed by atoms with E-state index in [9.17, 15) is 0 Å². The molecule has 0 aromatic rings. The fraction of sp³-hybridized carbons (Fsp3) is 1.00. The number of rotatable bonds is 8. The molecule has 0 aromatic carbocycles. The van der Waals surface area contributed by atoms with Crippen molar-refractivity contribution < 1.29 is 4.43 Å². The molecule has 0 fully saturated rings. The molecule has 0 rings (SSSR count). The van der Waals surface area contributed by atoms with Crippen molar-refractivity contribution in [1.82, 2.24) is 0 Å². The molecule has 0 bridgehead atoms. The Bertz CT molecular complexity index is 230. The molecule has 1 unspecified atom stereocenters. The molecule has 0 saturated heterocycles. The Hall–Kier alpha value is 0.177. The molecule has 0 aliphatic heterocycles. The Kier molecular flexibility index (Phi) is 11.2. The van der Waals surface area contributed by atoms with Crippen LogP contribution in [0.25, 0.3) is 0 Å². The van der Waals surface area contributed by atoms with Gasteiger partial charge in [0.2, 0.25) is 0 Å². The van der Waals surface area contributed by atoms with Crippen molar-refractivity contribution in [2.45, 2.75) is 118 Å². The lowest BCUT2D eigenvalue weighted by atomic mass is 9.94. The van der Waals surface area contributed by atoms with Gasteiger partial charge < -0.3 is 4.43 Å². The van der Waals surface area contributed by atoms with E-state index in [1.54, 1.807) is 0 Å². The van der Waals surface area contributed by atoms with E-state index >= 15 is 0 Å². The SMILES string of the molecule is CC.CCCCCC(C)(CCC)O[Si](C)(C)C(C)(C)C. The zero-order valence-corrected chi connectivity index (χ0v) is 17.2. The van der Waals surface area contributed by atoms with Gasteiger partial charge in [0, 0.05) is 0 Å². The molecule has 0 amide bonds. The van der Waals surface area contributed by atoms with Crippen LogP contribution >= 0.6 is 0 Å². The van der Waals surface area contributed by atoms with Crippen molar-refractivity contribution in [3.8, 4) is 0 Å². The van der Waals surface area contributed by atoms with Gasteiger partial charge in [0.15, 0.2) is 8.32 Å². The second-order valence-electron chi connectivity index (χ2n) is 7.52. The molecule has 1 atom stereocenters. The summed E-state index contributed by atoms with van der Waals surface area (Å²) in [6.45, 7) is 22.6. The summed E-state index contributed by atoms with van der Waals surface area (Å²) in [5, 5.41) is 0.312. The fourth-order valence-electron chi connectivity index (χ4n) is 2.27. The van der Waals surface area contributed by atoms with Crippen LogP contribution in [0.2, 0.25) is 18.1 Å². The lowest BCUT2D eigenvalue weighted by Gasteiger charge is -2.44. The summed E-state index contributed by atoms with van der Waals surface area (Å²) in [7, 11) is -1.64. The molecule has 124 valence electrons. The van der Waals surface area contributed by atoms with E-state index in [2.05, 4.69) is 54.6 Å². The highest BCUT2D eigenvalue weighted by Gasteiger charge is 2.42. The van der Waals surface area contributed by atoms with Crippen LogP contribution in [0, 0.1) is 0 Å². The minimum atomic E-state index is -1.64. The first-order chi connectivity index (χ1) is 9.08. The van der Waals surface area contributed by atoms with Gasteiger partial charge in [-0.25, -0.2) is 0 Å². The molecule has 0 saturated carbocycles. The normalized spacial score (nSPS) is 15.3. The summed E-state index contributed by atoms with van der Waals surface area (Å²) in [6.07, 6.45) is 7.58. The van der Waals surface area contributed by atoms with Crippen LogP contribution in [0.15, 0.2) is 0 Å². The first-order valence-corrected chi connectivity index (χ1v) is 11.7. The van der Waals surface area contributed by atoms with E-state index in [1.807, 2.05) is 13.8 Å². The van der Waals surface area contributed by atoms with Gasteiger partial charge in [0.25, 0.3) is 0 Å². The van der Waals surface area contributed by atoms with Gasteiger partial charge in [-0.15, -0.1) is 0 Å². The van der Waals surface area contributed by atoms with Gasteiger partial charge in [-0.2, -0.15) is 0 Å². The highest BCUT2D eigenvalue weighted by Crippen LogP contribution is 2.41. The summed E-state index contributed by atoms with van der Waals surface area (Å²) < 4.78 is 6.72. The van der Waals surface area contributed by atoms with Crippen LogP contribution in [0.3, 0.4) is 0 Å². The smallest absolute Gasteiger partial charge is 0.192 e. The fourth-order valence-corrected chi connectivity index (χ4v) is 4.02. The maximum atomic E-state index is 6.72. The lowest BCUT2D eigenvalue weighted by Crippen LogP contribution is -2.48. The van der Waals surface area contributed by atoms with Gasteiger partial charge in [-0.05, 0) is 37.9 Å². The first kappa shape index (κ1) is 22.5. The average Bonchev–Trinajstić information content (AvgIpc) is 2.30. The van der Waals surface area contributed by atoms with Crippen LogP contribution in [0.1, 0.15) is 93.9 Å². The summed E-state index contributed by atoms with van der Waals surface area (Å²) in [5.41, 5.74) is 0.104. The van der Waals surface area contributed by atoms with Crippen LogP contribution in [-0.4, -0.2) is 13.9 Å². The van der Waals surface area contributed by atoms with E-state index < -0.39 is 8.32 Å². The number of hydrogen-bond donors (Lipinski definition) is 0. The zero-order valence-electron chi connectivity index (χ0n) is 16.2. The first-order valence-electron chi connectivity index (χ1n) is 8.78. The molecule has 0 aliphatic carbocycles. The topological polar surface area (TPSA) is 9.23 Å². The largest absolute Gasteiger partial charge is 0.412 e. The summed E-state index contributed by atoms with van der Waals surface area (Å²) >= 11 is 0. The molecule has 2 heteroatoms. The molecular weight excluding hydrogens is 260 g/mol. The van der Waals surface area contributed by atoms with Crippen LogP contribution < -0.4 is 0 Å². The Morgan fingerprint density at radius 1 is 0.800 bits per heavy atom. The monoisotopic (exact) mass is 302 g/mol.